The predicted octanol–water partition coefficient (Wildman–Crippen LogP) is 3.48. The van der Waals surface area contributed by atoms with Crippen LogP contribution in [0.1, 0.15) is 47.3 Å². The number of benzene rings is 2. The Balaban J connectivity index is 2.24. The average molecular weight is 369 g/mol. The van der Waals surface area contributed by atoms with E-state index in [4.69, 9.17) is 9.47 Å². The second-order valence-electron chi connectivity index (χ2n) is 6.77. The number of carboxylic acids is 1. The molecular formula is C21H23NO5. The Morgan fingerprint density at radius 1 is 1.07 bits per heavy atom. The minimum atomic E-state index is -0.972. The molecule has 0 bridgehead atoms. The zero-order valence-corrected chi connectivity index (χ0v) is 15.8. The van der Waals surface area contributed by atoms with Crippen molar-refractivity contribution in [1.29, 1.82) is 0 Å². The SMILES string of the molecule is COc1ccc([C@@H]2[C@@H](C(=O)O)c3ccccc3C(=O)N2C(C)C)cc1OC. The third-order valence-electron chi connectivity index (χ3n) is 4.95. The van der Waals surface area contributed by atoms with Crippen molar-refractivity contribution in [2.45, 2.75) is 31.8 Å². The van der Waals surface area contributed by atoms with E-state index in [1.807, 2.05) is 13.8 Å². The second kappa shape index (κ2) is 7.31. The summed E-state index contributed by atoms with van der Waals surface area (Å²) in [6.45, 7) is 3.77. The molecule has 2 aromatic carbocycles. The van der Waals surface area contributed by atoms with E-state index in [-0.39, 0.29) is 11.9 Å². The number of carbonyl (C=O) groups is 2. The highest BCUT2D eigenvalue weighted by molar-refractivity contribution is 6.00. The van der Waals surface area contributed by atoms with Crippen molar-refractivity contribution in [2.75, 3.05) is 14.2 Å². The first-order chi connectivity index (χ1) is 12.9. The molecule has 2 aromatic rings. The normalized spacial score (nSPS) is 19.0. The summed E-state index contributed by atoms with van der Waals surface area (Å²) in [6, 6.07) is 11.4. The van der Waals surface area contributed by atoms with Gasteiger partial charge in [-0.15, -0.1) is 0 Å². The molecule has 0 radical (unpaired) electrons. The lowest BCUT2D eigenvalue weighted by Gasteiger charge is -2.43. The van der Waals surface area contributed by atoms with Crippen molar-refractivity contribution < 1.29 is 24.2 Å². The maximum Gasteiger partial charge on any atom is 0.313 e. The van der Waals surface area contributed by atoms with Gasteiger partial charge in [-0.25, -0.2) is 0 Å². The summed E-state index contributed by atoms with van der Waals surface area (Å²) < 4.78 is 10.7. The highest BCUT2D eigenvalue weighted by Gasteiger charge is 2.45. The number of carboxylic acid groups (broad SMARTS) is 1. The maximum absolute atomic E-state index is 13.2. The number of ether oxygens (including phenoxy) is 2. The predicted molar refractivity (Wildman–Crippen MR) is 100 cm³/mol. The summed E-state index contributed by atoms with van der Waals surface area (Å²) in [7, 11) is 3.07. The third-order valence-corrected chi connectivity index (χ3v) is 4.95. The van der Waals surface area contributed by atoms with Crippen LogP contribution in [0, 0.1) is 0 Å². The quantitative estimate of drug-likeness (QED) is 0.873. The number of nitrogens with zero attached hydrogens (tertiary/aromatic N) is 1. The molecule has 1 heterocycles. The number of amides is 1. The van der Waals surface area contributed by atoms with Crippen LogP contribution >= 0.6 is 0 Å². The van der Waals surface area contributed by atoms with E-state index in [1.54, 1.807) is 54.5 Å². The van der Waals surface area contributed by atoms with E-state index in [9.17, 15) is 14.7 Å². The van der Waals surface area contributed by atoms with Gasteiger partial charge in [0.2, 0.25) is 0 Å². The Labute approximate surface area is 158 Å². The van der Waals surface area contributed by atoms with Gasteiger partial charge in [0.25, 0.3) is 5.91 Å². The number of aliphatic carboxylic acids is 1. The molecule has 0 aliphatic carbocycles. The summed E-state index contributed by atoms with van der Waals surface area (Å²) in [5.74, 6) is -0.974. The third kappa shape index (κ3) is 3.12. The van der Waals surface area contributed by atoms with Crippen LogP contribution in [0.2, 0.25) is 0 Å². The molecule has 3 rings (SSSR count). The molecule has 0 aromatic heterocycles. The van der Waals surface area contributed by atoms with Gasteiger partial charge in [0.1, 0.15) is 5.92 Å². The molecule has 0 fully saturated rings. The van der Waals surface area contributed by atoms with Gasteiger partial charge in [0.05, 0.1) is 20.3 Å². The molecule has 1 amide bonds. The zero-order valence-electron chi connectivity index (χ0n) is 15.8. The van der Waals surface area contributed by atoms with E-state index < -0.39 is 17.9 Å². The smallest absolute Gasteiger partial charge is 0.313 e. The number of fused-ring (bicyclic) bond motifs is 1. The monoisotopic (exact) mass is 369 g/mol. The standard InChI is InChI=1S/C21H23NO5/c1-12(2)22-19(13-9-10-16(26-3)17(11-13)27-4)18(21(24)25)14-7-5-6-8-15(14)20(22)23/h5-12,18-19H,1-4H3,(H,24,25)/t18-,19+/m0/s1. The van der Waals surface area contributed by atoms with E-state index in [1.165, 1.54) is 7.11 Å². The lowest BCUT2D eigenvalue weighted by atomic mass is 9.79. The van der Waals surface area contributed by atoms with Crippen LogP contribution < -0.4 is 9.47 Å². The largest absolute Gasteiger partial charge is 0.493 e. The molecule has 1 aliphatic heterocycles. The summed E-state index contributed by atoms with van der Waals surface area (Å²) in [5.41, 5.74) is 1.67. The molecule has 2 atom stereocenters. The van der Waals surface area contributed by atoms with Gasteiger partial charge >= 0.3 is 5.97 Å². The Morgan fingerprint density at radius 3 is 2.33 bits per heavy atom. The first-order valence-corrected chi connectivity index (χ1v) is 8.77. The van der Waals surface area contributed by atoms with E-state index in [0.717, 1.165) is 0 Å². The fourth-order valence-corrected chi connectivity index (χ4v) is 3.77. The Bertz CT molecular complexity index is 877. The van der Waals surface area contributed by atoms with Crippen LogP contribution in [-0.4, -0.2) is 42.1 Å². The molecule has 1 N–H and O–H groups in total. The molecular weight excluding hydrogens is 346 g/mol. The molecule has 6 nitrogen and oxygen atoms in total. The fourth-order valence-electron chi connectivity index (χ4n) is 3.77. The molecule has 0 saturated carbocycles. The summed E-state index contributed by atoms with van der Waals surface area (Å²) >= 11 is 0. The number of methoxy groups -OCH3 is 2. The first-order valence-electron chi connectivity index (χ1n) is 8.77. The van der Waals surface area contributed by atoms with E-state index in [2.05, 4.69) is 0 Å². The molecule has 0 saturated heterocycles. The second-order valence-corrected chi connectivity index (χ2v) is 6.77. The highest BCUT2D eigenvalue weighted by Crippen LogP contribution is 2.45. The van der Waals surface area contributed by atoms with Crippen molar-refractivity contribution in [2.24, 2.45) is 0 Å². The lowest BCUT2D eigenvalue weighted by molar-refractivity contribution is -0.140. The molecule has 0 unspecified atom stereocenters. The first kappa shape index (κ1) is 18.8. The van der Waals surface area contributed by atoms with Crippen molar-refractivity contribution in [3.8, 4) is 11.5 Å². The average Bonchev–Trinajstić information content (AvgIpc) is 2.66. The van der Waals surface area contributed by atoms with Gasteiger partial charge in [-0.05, 0) is 43.2 Å². The van der Waals surface area contributed by atoms with Crippen molar-refractivity contribution in [1.82, 2.24) is 4.90 Å². The van der Waals surface area contributed by atoms with Crippen LogP contribution in [0.3, 0.4) is 0 Å². The number of carbonyl (C=O) groups excluding carboxylic acids is 1. The Hall–Kier alpha value is -3.02. The molecule has 6 heteroatoms. The minimum Gasteiger partial charge on any atom is -0.493 e. The molecule has 0 spiro atoms. The fraction of sp³-hybridized carbons (Fsp3) is 0.333. The van der Waals surface area contributed by atoms with Crippen molar-refractivity contribution in [3.05, 3.63) is 59.2 Å². The van der Waals surface area contributed by atoms with Crippen LogP contribution in [0.25, 0.3) is 0 Å². The summed E-state index contributed by atoms with van der Waals surface area (Å²) in [4.78, 5) is 27.1. The zero-order chi connectivity index (χ0) is 19.7. The highest BCUT2D eigenvalue weighted by atomic mass is 16.5. The Kier molecular flexibility index (Phi) is 5.08. The topological polar surface area (TPSA) is 76.1 Å². The van der Waals surface area contributed by atoms with Crippen LogP contribution in [-0.2, 0) is 4.79 Å². The van der Waals surface area contributed by atoms with Crippen LogP contribution in [0.5, 0.6) is 11.5 Å². The van der Waals surface area contributed by atoms with Gasteiger partial charge in [0, 0.05) is 11.6 Å². The van der Waals surface area contributed by atoms with Gasteiger partial charge in [-0.1, -0.05) is 24.3 Å². The molecule has 27 heavy (non-hydrogen) atoms. The van der Waals surface area contributed by atoms with E-state index >= 15 is 0 Å². The maximum atomic E-state index is 13.2. The van der Waals surface area contributed by atoms with E-state index in [0.29, 0.717) is 28.2 Å². The summed E-state index contributed by atoms with van der Waals surface area (Å²) in [5, 5.41) is 10.0. The summed E-state index contributed by atoms with van der Waals surface area (Å²) in [6.07, 6.45) is 0. The number of hydrogen-bond acceptors (Lipinski definition) is 4. The minimum absolute atomic E-state index is 0.169. The van der Waals surface area contributed by atoms with Crippen LogP contribution in [0.15, 0.2) is 42.5 Å². The van der Waals surface area contributed by atoms with Crippen LogP contribution in [0.4, 0.5) is 0 Å². The van der Waals surface area contributed by atoms with Gasteiger partial charge in [0.15, 0.2) is 11.5 Å². The molecule has 1 aliphatic rings. The van der Waals surface area contributed by atoms with Crippen molar-refractivity contribution >= 4 is 11.9 Å². The lowest BCUT2D eigenvalue weighted by Crippen LogP contribution is -2.48. The van der Waals surface area contributed by atoms with Gasteiger partial charge in [-0.2, -0.15) is 0 Å². The van der Waals surface area contributed by atoms with Gasteiger partial charge in [-0.3, -0.25) is 9.59 Å². The molecule has 142 valence electrons. The van der Waals surface area contributed by atoms with Gasteiger partial charge < -0.3 is 19.5 Å². The number of rotatable bonds is 5. The Morgan fingerprint density at radius 2 is 1.74 bits per heavy atom. The number of hydrogen-bond donors (Lipinski definition) is 1. The van der Waals surface area contributed by atoms with Crippen molar-refractivity contribution in [3.63, 3.8) is 0 Å².